The van der Waals surface area contributed by atoms with Crippen LogP contribution in [-0.2, 0) is 4.74 Å². The lowest BCUT2D eigenvalue weighted by Gasteiger charge is -2.10. The molecule has 0 aliphatic heterocycles. The molecule has 0 amide bonds. The van der Waals surface area contributed by atoms with Gasteiger partial charge in [0.2, 0.25) is 0 Å². The number of ether oxygens (including phenoxy) is 3. The van der Waals surface area contributed by atoms with E-state index in [1.807, 2.05) is 6.92 Å². The summed E-state index contributed by atoms with van der Waals surface area (Å²) < 4.78 is 15.3. The summed E-state index contributed by atoms with van der Waals surface area (Å²) in [6, 6.07) is 13.1. The molecule has 0 N–H and O–H groups in total. The highest BCUT2D eigenvalue weighted by molar-refractivity contribution is 5.94. The summed E-state index contributed by atoms with van der Waals surface area (Å²) in [6.45, 7) is 2.28. The molecular weight excluding hydrogens is 284 g/mol. The maximum absolute atomic E-state index is 12.2. The van der Waals surface area contributed by atoms with Gasteiger partial charge >= 0.3 is 11.9 Å². The van der Waals surface area contributed by atoms with E-state index in [0.717, 1.165) is 0 Å². The van der Waals surface area contributed by atoms with Crippen molar-refractivity contribution in [2.45, 2.75) is 6.92 Å². The van der Waals surface area contributed by atoms with Gasteiger partial charge in [-0.05, 0) is 37.3 Å². The van der Waals surface area contributed by atoms with Crippen molar-refractivity contribution in [1.29, 1.82) is 0 Å². The fourth-order valence-electron chi connectivity index (χ4n) is 1.88. The van der Waals surface area contributed by atoms with E-state index in [1.165, 1.54) is 13.2 Å². The molecule has 22 heavy (non-hydrogen) atoms. The monoisotopic (exact) mass is 300 g/mol. The first-order valence-corrected chi connectivity index (χ1v) is 6.78. The second kappa shape index (κ2) is 7.26. The molecule has 0 saturated carbocycles. The SMILES string of the molecule is CCOc1ccccc1C(=O)Oc1cccc(C(=O)OC)c1. The van der Waals surface area contributed by atoms with Gasteiger partial charge in [0.25, 0.3) is 0 Å². The first kappa shape index (κ1) is 15.6. The number of methoxy groups -OCH3 is 1. The van der Waals surface area contributed by atoms with Crippen LogP contribution < -0.4 is 9.47 Å². The molecule has 5 heteroatoms. The maximum atomic E-state index is 12.2. The van der Waals surface area contributed by atoms with Gasteiger partial charge in [0.05, 0.1) is 19.3 Å². The average molecular weight is 300 g/mol. The van der Waals surface area contributed by atoms with Crippen molar-refractivity contribution in [2.24, 2.45) is 0 Å². The lowest BCUT2D eigenvalue weighted by atomic mass is 10.2. The summed E-state index contributed by atoms with van der Waals surface area (Å²) >= 11 is 0. The van der Waals surface area contributed by atoms with Crippen molar-refractivity contribution in [1.82, 2.24) is 0 Å². The first-order chi connectivity index (χ1) is 10.7. The molecule has 5 nitrogen and oxygen atoms in total. The van der Waals surface area contributed by atoms with Crippen molar-refractivity contribution < 1.29 is 23.8 Å². The zero-order chi connectivity index (χ0) is 15.9. The van der Waals surface area contributed by atoms with Crippen LogP contribution in [0.4, 0.5) is 0 Å². The number of esters is 2. The van der Waals surface area contributed by atoms with Crippen LogP contribution in [0, 0.1) is 0 Å². The minimum absolute atomic E-state index is 0.263. The number of benzene rings is 2. The smallest absolute Gasteiger partial charge is 0.347 e. The number of para-hydroxylation sites is 1. The molecular formula is C17H16O5. The molecule has 114 valence electrons. The highest BCUT2D eigenvalue weighted by Crippen LogP contribution is 2.21. The second-order valence-electron chi connectivity index (χ2n) is 4.34. The molecule has 2 aromatic carbocycles. The molecule has 0 bridgehead atoms. The van der Waals surface area contributed by atoms with Crippen LogP contribution in [0.3, 0.4) is 0 Å². The molecule has 0 fully saturated rings. The Morgan fingerprint density at radius 3 is 2.50 bits per heavy atom. The third kappa shape index (κ3) is 3.63. The summed E-state index contributed by atoms with van der Waals surface area (Å²) in [6.07, 6.45) is 0. The Bertz CT molecular complexity index is 678. The molecule has 0 spiro atoms. The van der Waals surface area contributed by atoms with Gasteiger partial charge < -0.3 is 14.2 Å². The van der Waals surface area contributed by atoms with E-state index in [1.54, 1.807) is 42.5 Å². The minimum Gasteiger partial charge on any atom is -0.493 e. The van der Waals surface area contributed by atoms with E-state index in [4.69, 9.17) is 9.47 Å². The maximum Gasteiger partial charge on any atom is 0.347 e. The Balaban J connectivity index is 2.21. The van der Waals surface area contributed by atoms with Gasteiger partial charge in [-0.3, -0.25) is 0 Å². The summed E-state index contributed by atoms with van der Waals surface area (Å²) in [5.41, 5.74) is 0.638. The van der Waals surface area contributed by atoms with Gasteiger partial charge in [-0.25, -0.2) is 9.59 Å². The third-order valence-electron chi connectivity index (χ3n) is 2.87. The molecule has 2 aromatic rings. The Labute approximate surface area is 128 Å². The summed E-state index contributed by atoms with van der Waals surface area (Å²) in [5, 5.41) is 0. The average Bonchev–Trinajstić information content (AvgIpc) is 2.55. The van der Waals surface area contributed by atoms with Crippen molar-refractivity contribution >= 4 is 11.9 Å². The Kier molecular flexibility index (Phi) is 5.14. The molecule has 0 radical (unpaired) electrons. The second-order valence-corrected chi connectivity index (χ2v) is 4.34. The van der Waals surface area contributed by atoms with Gasteiger partial charge in [-0.2, -0.15) is 0 Å². The summed E-state index contributed by atoms with van der Waals surface area (Å²) in [7, 11) is 1.29. The van der Waals surface area contributed by atoms with Crippen LogP contribution in [-0.4, -0.2) is 25.7 Å². The van der Waals surface area contributed by atoms with Gasteiger partial charge in [-0.15, -0.1) is 0 Å². The summed E-state index contributed by atoms with van der Waals surface area (Å²) in [4.78, 5) is 23.7. The van der Waals surface area contributed by atoms with Crippen molar-refractivity contribution in [3.05, 3.63) is 59.7 Å². The highest BCUT2D eigenvalue weighted by Gasteiger charge is 2.15. The number of hydrogen-bond donors (Lipinski definition) is 0. The minimum atomic E-state index is -0.550. The molecule has 0 aromatic heterocycles. The largest absolute Gasteiger partial charge is 0.493 e. The Hall–Kier alpha value is -2.82. The predicted molar refractivity (Wildman–Crippen MR) is 80.4 cm³/mol. The van der Waals surface area contributed by atoms with Gasteiger partial charge in [0, 0.05) is 0 Å². The van der Waals surface area contributed by atoms with E-state index in [0.29, 0.717) is 23.5 Å². The number of hydrogen-bond acceptors (Lipinski definition) is 5. The van der Waals surface area contributed by atoms with Gasteiger partial charge in [0.1, 0.15) is 17.1 Å². The highest BCUT2D eigenvalue weighted by atomic mass is 16.5. The topological polar surface area (TPSA) is 61.8 Å². The molecule has 0 aliphatic carbocycles. The zero-order valence-corrected chi connectivity index (χ0v) is 12.4. The zero-order valence-electron chi connectivity index (χ0n) is 12.4. The predicted octanol–water partition coefficient (Wildman–Crippen LogP) is 3.09. The number of rotatable bonds is 5. The first-order valence-electron chi connectivity index (χ1n) is 6.78. The van der Waals surface area contributed by atoms with Crippen LogP contribution in [0.5, 0.6) is 11.5 Å². The molecule has 0 heterocycles. The molecule has 0 saturated heterocycles. The number of carbonyl (C=O) groups is 2. The van der Waals surface area contributed by atoms with E-state index < -0.39 is 11.9 Å². The molecule has 2 rings (SSSR count). The van der Waals surface area contributed by atoms with Crippen LogP contribution in [0.25, 0.3) is 0 Å². The van der Waals surface area contributed by atoms with Crippen molar-refractivity contribution in [3.63, 3.8) is 0 Å². The van der Waals surface area contributed by atoms with E-state index >= 15 is 0 Å². The quantitative estimate of drug-likeness (QED) is 0.627. The van der Waals surface area contributed by atoms with E-state index in [-0.39, 0.29) is 5.75 Å². The fraction of sp³-hybridized carbons (Fsp3) is 0.176. The molecule has 0 aliphatic rings. The van der Waals surface area contributed by atoms with Crippen molar-refractivity contribution in [3.8, 4) is 11.5 Å². The van der Waals surface area contributed by atoms with Crippen LogP contribution >= 0.6 is 0 Å². The fourth-order valence-corrected chi connectivity index (χ4v) is 1.88. The standard InChI is InChI=1S/C17H16O5/c1-3-21-15-10-5-4-9-14(15)17(19)22-13-8-6-7-12(11-13)16(18)20-2/h4-11H,3H2,1-2H3. The lowest BCUT2D eigenvalue weighted by Crippen LogP contribution is -2.11. The van der Waals surface area contributed by atoms with Crippen molar-refractivity contribution in [2.75, 3.05) is 13.7 Å². The molecule has 0 unspecified atom stereocenters. The van der Waals surface area contributed by atoms with Gasteiger partial charge in [-0.1, -0.05) is 18.2 Å². The van der Waals surface area contributed by atoms with Gasteiger partial charge in [0.15, 0.2) is 0 Å². The summed E-state index contributed by atoms with van der Waals surface area (Å²) in [5.74, 6) is -0.322. The Morgan fingerprint density at radius 1 is 1.00 bits per heavy atom. The Morgan fingerprint density at radius 2 is 1.77 bits per heavy atom. The van der Waals surface area contributed by atoms with E-state index in [9.17, 15) is 9.59 Å². The van der Waals surface area contributed by atoms with E-state index in [2.05, 4.69) is 4.74 Å². The normalized spacial score (nSPS) is 9.91. The number of carbonyl (C=O) groups excluding carboxylic acids is 2. The van der Waals surface area contributed by atoms with Crippen LogP contribution in [0.15, 0.2) is 48.5 Å². The van der Waals surface area contributed by atoms with Crippen LogP contribution in [0.2, 0.25) is 0 Å². The van der Waals surface area contributed by atoms with Crippen LogP contribution in [0.1, 0.15) is 27.6 Å². The third-order valence-corrected chi connectivity index (χ3v) is 2.87. The molecule has 0 atom stereocenters. The lowest BCUT2D eigenvalue weighted by molar-refractivity contribution is 0.0597.